The van der Waals surface area contributed by atoms with Crippen LogP contribution in [0.25, 0.3) is 0 Å². The first-order valence-corrected chi connectivity index (χ1v) is 4.14. The van der Waals surface area contributed by atoms with E-state index >= 15 is 0 Å². The highest BCUT2D eigenvalue weighted by atomic mass is 14.6. The lowest BCUT2D eigenvalue weighted by Crippen LogP contribution is -2.26. The molecule has 0 heterocycles. The topological polar surface area (TPSA) is 52.0 Å². The van der Waals surface area contributed by atoms with Gasteiger partial charge < -0.3 is 11.5 Å². The number of hydrogen-bond acceptors (Lipinski definition) is 2. The van der Waals surface area contributed by atoms with Gasteiger partial charge in [0, 0.05) is 6.04 Å². The van der Waals surface area contributed by atoms with E-state index in [1.165, 1.54) is 6.42 Å². The molecule has 0 aliphatic carbocycles. The predicted molar refractivity (Wildman–Crippen MR) is 45.7 cm³/mol. The lowest BCUT2D eigenvalue weighted by Gasteiger charge is -2.14. The Kier molecular flexibility index (Phi) is 5.64. The molecule has 0 spiro atoms. The third-order valence-corrected chi connectivity index (χ3v) is 1.85. The summed E-state index contributed by atoms with van der Waals surface area (Å²) in [5.41, 5.74) is 11.2. The van der Waals surface area contributed by atoms with Crippen molar-refractivity contribution in [2.75, 3.05) is 6.54 Å². The van der Waals surface area contributed by atoms with Crippen molar-refractivity contribution in [3.63, 3.8) is 0 Å². The van der Waals surface area contributed by atoms with E-state index in [1.54, 1.807) is 0 Å². The summed E-state index contributed by atoms with van der Waals surface area (Å²) in [6, 6.07) is 0.367. The van der Waals surface area contributed by atoms with Crippen LogP contribution in [0.15, 0.2) is 0 Å². The third-order valence-electron chi connectivity index (χ3n) is 1.85. The minimum atomic E-state index is 0.367. The number of rotatable bonds is 5. The summed E-state index contributed by atoms with van der Waals surface area (Å²) >= 11 is 0. The van der Waals surface area contributed by atoms with Gasteiger partial charge in [0.05, 0.1) is 0 Å². The van der Waals surface area contributed by atoms with Crippen molar-refractivity contribution in [3.05, 3.63) is 0 Å². The van der Waals surface area contributed by atoms with Crippen molar-refractivity contribution < 1.29 is 0 Å². The molecule has 0 bridgehead atoms. The Morgan fingerprint density at radius 2 is 1.80 bits per heavy atom. The molecular weight excluding hydrogens is 124 g/mol. The molecule has 0 saturated heterocycles. The van der Waals surface area contributed by atoms with E-state index in [0.717, 1.165) is 19.4 Å². The second kappa shape index (κ2) is 5.69. The van der Waals surface area contributed by atoms with Crippen LogP contribution in [0.3, 0.4) is 0 Å². The van der Waals surface area contributed by atoms with Gasteiger partial charge in [0.15, 0.2) is 0 Å². The molecule has 0 aromatic carbocycles. The Labute approximate surface area is 64.0 Å². The first-order chi connectivity index (χ1) is 4.68. The van der Waals surface area contributed by atoms with Crippen LogP contribution in [-0.2, 0) is 0 Å². The Morgan fingerprint density at radius 1 is 1.20 bits per heavy atom. The quantitative estimate of drug-likeness (QED) is 0.568. The Hall–Kier alpha value is -0.0800. The van der Waals surface area contributed by atoms with Crippen molar-refractivity contribution in [2.24, 2.45) is 17.4 Å². The maximum absolute atomic E-state index is 5.82. The van der Waals surface area contributed by atoms with Gasteiger partial charge >= 0.3 is 0 Å². The van der Waals surface area contributed by atoms with E-state index in [1.807, 2.05) is 0 Å². The Balaban J connectivity index is 3.13. The SMILES string of the molecule is CC(C)C(N)CCCCN. The second-order valence-corrected chi connectivity index (χ2v) is 3.19. The molecule has 0 saturated carbocycles. The molecule has 10 heavy (non-hydrogen) atoms. The highest BCUT2D eigenvalue weighted by Gasteiger charge is 2.05. The summed E-state index contributed by atoms with van der Waals surface area (Å²) in [7, 11) is 0. The van der Waals surface area contributed by atoms with Crippen LogP contribution < -0.4 is 11.5 Å². The molecule has 4 N–H and O–H groups in total. The van der Waals surface area contributed by atoms with Gasteiger partial charge in [0.25, 0.3) is 0 Å². The molecule has 0 fully saturated rings. The van der Waals surface area contributed by atoms with Gasteiger partial charge in [-0.2, -0.15) is 0 Å². The van der Waals surface area contributed by atoms with Crippen molar-refractivity contribution in [3.8, 4) is 0 Å². The van der Waals surface area contributed by atoms with Gasteiger partial charge in [-0.25, -0.2) is 0 Å². The number of nitrogens with two attached hydrogens (primary N) is 2. The maximum atomic E-state index is 5.82. The average molecular weight is 144 g/mol. The zero-order valence-corrected chi connectivity index (χ0v) is 7.14. The highest BCUT2D eigenvalue weighted by Crippen LogP contribution is 2.06. The van der Waals surface area contributed by atoms with Crippen LogP contribution in [0.2, 0.25) is 0 Å². The van der Waals surface area contributed by atoms with E-state index in [9.17, 15) is 0 Å². The fourth-order valence-electron chi connectivity index (χ4n) is 0.858. The average Bonchev–Trinajstić information content (AvgIpc) is 1.88. The van der Waals surface area contributed by atoms with Crippen molar-refractivity contribution in [1.29, 1.82) is 0 Å². The van der Waals surface area contributed by atoms with Gasteiger partial charge in [-0.1, -0.05) is 20.3 Å². The molecule has 0 aromatic heterocycles. The highest BCUT2D eigenvalue weighted by molar-refractivity contribution is 4.64. The summed E-state index contributed by atoms with van der Waals surface area (Å²) in [5.74, 6) is 0.609. The molecular formula is C8H20N2. The van der Waals surface area contributed by atoms with Crippen LogP contribution in [0, 0.1) is 5.92 Å². The lowest BCUT2D eigenvalue weighted by atomic mass is 10.00. The summed E-state index contributed by atoms with van der Waals surface area (Å²) in [6.45, 7) is 5.12. The molecule has 62 valence electrons. The summed E-state index contributed by atoms with van der Waals surface area (Å²) < 4.78 is 0. The smallest absolute Gasteiger partial charge is 0.00619 e. The van der Waals surface area contributed by atoms with Crippen LogP contribution >= 0.6 is 0 Å². The number of unbranched alkanes of at least 4 members (excludes halogenated alkanes) is 1. The lowest BCUT2D eigenvalue weighted by molar-refractivity contribution is 0.447. The molecule has 0 amide bonds. The van der Waals surface area contributed by atoms with E-state index in [4.69, 9.17) is 11.5 Å². The fraction of sp³-hybridized carbons (Fsp3) is 1.00. The van der Waals surface area contributed by atoms with Crippen molar-refractivity contribution in [1.82, 2.24) is 0 Å². The first kappa shape index (κ1) is 9.92. The van der Waals surface area contributed by atoms with Gasteiger partial charge in [-0.15, -0.1) is 0 Å². The van der Waals surface area contributed by atoms with Crippen molar-refractivity contribution in [2.45, 2.75) is 39.2 Å². The molecule has 1 unspecified atom stereocenters. The summed E-state index contributed by atoms with van der Waals surface area (Å²) in [4.78, 5) is 0. The van der Waals surface area contributed by atoms with Crippen LogP contribution in [0.4, 0.5) is 0 Å². The molecule has 2 nitrogen and oxygen atoms in total. The predicted octanol–water partition coefficient (Wildman–Crippen LogP) is 1.10. The van der Waals surface area contributed by atoms with Crippen LogP contribution in [0.1, 0.15) is 33.1 Å². The van der Waals surface area contributed by atoms with Gasteiger partial charge in [-0.05, 0) is 25.3 Å². The van der Waals surface area contributed by atoms with Crippen molar-refractivity contribution >= 4 is 0 Å². The van der Waals surface area contributed by atoms with Gasteiger partial charge in [0.1, 0.15) is 0 Å². The fourth-order valence-corrected chi connectivity index (χ4v) is 0.858. The molecule has 1 atom stereocenters. The number of hydrogen-bond donors (Lipinski definition) is 2. The molecule has 0 aliphatic heterocycles. The summed E-state index contributed by atoms with van der Waals surface area (Å²) in [6.07, 6.45) is 3.41. The monoisotopic (exact) mass is 144 g/mol. The molecule has 2 heteroatoms. The maximum Gasteiger partial charge on any atom is 0.00619 e. The van der Waals surface area contributed by atoms with Gasteiger partial charge in [-0.3, -0.25) is 0 Å². The molecule has 0 aliphatic rings. The van der Waals surface area contributed by atoms with Gasteiger partial charge in [0.2, 0.25) is 0 Å². The standard InChI is InChI=1S/C8H20N2/c1-7(2)8(10)5-3-4-6-9/h7-8H,3-6,9-10H2,1-2H3. The zero-order chi connectivity index (χ0) is 7.98. The second-order valence-electron chi connectivity index (χ2n) is 3.19. The molecule has 0 radical (unpaired) electrons. The first-order valence-electron chi connectivity index (χ1n) is 4.14. The zero-order valence-electron chi connectivity index (χ0n) is 7.14. The minimum Gasteiger partial charge on any atom is -0.330 e. The third kappa shape index (κ3) is 4.77. The summed E-state index contributed by atoms with van der Waals surface area (Å²) in [5, 5.41) is 0. The van der Waals surface area contributed by atoms with E-state index in [2.05, 4.69) is 13.8 Å². The van der Waals surface area contributed by atoms with E-state index in [0.29, 0.717) is 12.0 Å². The van der Waals surface area contributed by atoms with E-state index in [-0.39, 0.29) is 0 Å². The Bertz CT molecular complexity index is 71.7. The normalized spacial score (nSPS) is 14.1. The molecule has 0 aromatic rings. The minimum absolute atomic E-state index is 0.367. The van der Waals surface area contributed by atoms with E-state index < -0.39 is 0 Å². The largest absolute Gasteiger partial charge is 0.330 e. The van der Waals surface area contributed by atoms with Crippen LogP contribution in [0.5, 0.6) is 0 Å². The molecule has 0 rings (SSSR count). The van der Waals surface area contributed by atoms with Crippen LogP contribution in [-0.4, -0.2) is 12.6 Å². The Morgan fingerprint density at radius 3 is 2.20 bits per heavy atom.